The molecule has 0 aromatic heterocycles. The van der Waals surface area contributed by atoms with Crippen molar-refractivity contribution in [3.05, 3.63) is 11.8 Å². The first-order chi connectivity index (χ1) is 8.45. The lowest BCUT2D eigenvalue weighted by atomic mass is 9.96. The van der Waals surface area contributed by atoms with E-state index in [1.54, 1.807) is 0 Å². The third kappa shape index (κ3) is 5.12. The molecule has 0 aromatic rings. The molecule has 0 spiro atoms. The summed E-state index contributed by atoms with van der Waals surface area (Å²) in [7, 11) is 0. The Balaban J connectivity index is 1.65. The van der Waals surface area contributed by atoms with Crippen LogP contribution in [0.25, 0.3) is 0 Å². The van der Waals surface area contributed by atoms with Crippen LogP contribution in [0.2, 0.25) is 0 Å². The highest BCUT2D eigenvalue weighted by atomic mass is 16.5. The van der Waals surface area contributed by atoms with Gasteiger partial charge in [-0.2, -0.15) is 0 Å². The maximum atomic E-state index is 5.82. The van der Waals surface area contributed by atoms with Crippen molar-refractivity contribution in [3.8, 4) is 0 Å². The first kappa shape index (κ1) is 12.9. The van der Waals surface area contributed by atoms with Gasteiger partial charge in [-0.1, -0.05) is 25.7 Å². The van der Waals surface area contributed by atoms with Crippen molar-refractivity contribution in [2.45, 2.75) is 70.3 Å². The molecule has 0 radical (unpaired) electrons. The Morgan fingerprint density at radius 3 is 2.65 bits per heavy atom. The Hall–Kier alpha value is -0.500. The average molecular weight is 238 g/mol. The van der Waals surface area contributed by atoms with E-state index in [0.29, 0.717) is 6.10 Å². The molecular formula is C15H26O2. The molecule has 98 valence electrons. The lowest BCUT2D eigenvalue weighted by Crippen LogP contribution is -2.21. The molecule has 0 aromatic carbocycles. The maximum Gasteiger partial charge on any atom is 0.113 e. The summed E-state index contributed by atoms with van der Waals surface area (Å²) >= 11 is 0. The Kier molecular flexibility index (Phi) is 5.90. The summed E-state index contributed by atoms with van der Waals surface area (Å²) in [4.78, 5) is 0. The lowest BCUT2D eigenvalue weighted by Gasteiger charge is -2.20. The zero-order valence-corrected chi connectivity index (χ0v) is 11.0. The third-order valence-electron chi connectivity index (χ3n) is 3.80. The normalized spacial score (nSPS) is 27.1. The molecule has 1 atom stereocenters. The van der Waals surface area contributed by atoms with Gasteiger partial charge in [-0.05, 0) is 44.1 Å². The van der Waals surface area contributed by atoms with Crippen LogP contribution in [0, 0.1) is 0 Å². The van der Waals surface area contributed by atoms with Crippen molar-refractivity contribution in [1.29, 1.82) is 0 Å². The van der Waals surface area contributed by atoms with Crippen LogP contribution < -0.4 is 0 Å². The second kappa shape index (κ2) is 7.75. The van der Waals surface area contributed by atoms with Gasteiger partial charge in [0.05, 0.1) is 12.4 Å². The maximum absolute atomic E-state index is 5.82. The van der Waals surface area contributed by atoms with E-state index < -0.39 is 0 Å². The van der Waals surface area contributed by atoms with Crippen molar-refractivity contribution in [1.82, 2.24) is 0 Å². The van der Waals surface area contributed by atoms with Crippen molar-refractivity contribution in [2.75, 3.05) is 13.2 Å². The van der Waals surface area contributed by atoms with Gasteiger partial charge in [-0.3, -0.25) is 0 Å². The molecule has 2 aliphatic rings. The molecule has 1 heterocycles. The number of hydrogen-bond acceptors (Lipinski definition) is 2. The van der Waals surface area contributed by atoms with Crippen LogP contribution in [0.15, 0.2) is 11.8 Å². The molecule has 1 unspecified atom stereocenters. The SMILES string of the molecule is C(OCC1CCCCCCO1)=C1CCCCC1. The minimum atomic E-state index is 0.329. The smallest absolute Gasteiger partial charge is 0.113 e. The quantitative estimate of drug-likeness (QED) is 0.686. The highest BCUT2D eigenvalue weighted by molar-refractivity contribution is 5.00. The molecule has 1 saturated carbocycles. The molecule has 2 heteroatoms. The Labute approximate surface area is 105 Å². The van der Waals surface area contributed by atoms with Gasteiger partial charge < -0.3 is 9.47 Å². The zero-order valence-electron chi connectivity index (χ0n) is 11.0. The fraction of sp³-hybridized carbons (Fsp3) is 0.867. The summed E-state index contributed by atoms with van der Waals surface area (Å²) in [5, 5.41) is 0. The molecule has 0 amide bonds. The highest BCUT2D eigenvalue weighted by Gasteiger charge is 2.12. The summed E-state index contributed by atoms with van der Waals surface area (Å²) < 4.78 is 11.5. The van der Waals surface area contributed by atoms with E-state index in [4.69, 9.17) is 9.47 Å². The van der Waals surface area contributed by atoms with Gasteiger partial charge in [0.1, 0.15) is 6.61 Å². The average Bonchev–Trinajstić information content (AvgIpc) is 2.33. The lowest BCUT2D eigenvalue weighted by molar-refractivity contribution is -0.00550. The second-order valence-corrected chi connectivity index (χ2v) is 5.37. The van der Waals surface area contributed by atoms with E-state index in [1.165, 1.54) is 69.8 Å². The monoisotopic (exact) mass is 238 g/mol. The second-order valence-electron chi connectivity index (χ2n) is 5.37. The van der Waals surface area contributed by atoms with Crippen molar-refractivity contribution in [2.24, 2.45) is 0 Å². The van der Waals surface area contributed by atoms with Crippen LogP contribution in [-0.4, -0.2) is 19.3 Å². The van der Waals surface area contributed by atoms with Crippen LogP contribution >= 0.6 is 0 Å². The van der Waals surface area contributed by atoms with Crippen LogP contribution in [0.3, 0.4) is 0 Å². The minimum absolute atomic E-state index is 0.329. The van der Waals surface area contributed by atoms with Crippen LogP contribution in [-0.2, 0) is 9.47 Å². The van der Waals surface area contributed by atoms with E-state index in [9.17, 15) is 0 Å². The van der Waals surface area contributed by atoms with Gasteiger partial charge in [0, 0.05) is 6.61 Å². The van der Waals surface area contributed by atoms with Crippen molar-refractivity contribution in [3.63, 3.8) is 0 Å². The third-order valence-corrected chi connectivity index (χ3v) is 3.80. The van der Waals surface area contributed by atoms with E-state index in [-0.39, 0.29) is 0 Å². The van der Waals surface area contributed by atoms with Gasteiger partial charge in [0.15, 0.2) is 0 Å². The summed E-state index contributed by atoms with van der Waals surface area (Å²) in [6.07, 6.45) is 15.3. The predicted octanol–water partition coefficient (Wildman–Crippen LogP) is 4.20. The summed E-state index contributed by atoms with van der Waals surface area (Å²) in [5.74, 6) is 0. The molecule has 17 heavy (non-hydrogen) atoms. The van der Waals surface area contributed by atoms with E-state index in [0.717, 1.165) is 13.2 Å². The van der Waals surface area contributed by atoms with Gasteiger partial charge in [0.2, 0.25) is 0 Å². The Bertz CT molecular complexity index is 219. The van der Waals surface area contributed by atoms with Gasteiger partial charge in [-0.25, -0.2) is 0 Å². The number of ether oxygens (including phenoxy) is 2. The minimum Gasteiger partial charge on any atom is -0.499 e. The van der Waals surface area contributed by atoms with Crippen LogP contribution in [0.5, 0.6) is 0 Å². The van der Waals surface area contributed by atoms with E-state index in [1.807, 2.05) is 6.26 Å². The topological polar surface area (TPSA) is 18.5 Å². The standard InChI is InChI=1S/C15H26O2/c1-2-7-11-17-15(10-6-1)13-16-12-14-8-4-3-5-9-14/h12,15H,1-11,13H2. The molecule has 1 saturated heterocycles. The molecule has 2 fully saturated rings. The fourth-order valence-electron chi connectivity index (χ4n) is 2.69. The first-order valence-electron chi connectivity index (χ1n) is 7.36. The van der Waals surface area contributed by atoms with Crippen LogP contribution in [0.1, 0.15) is 64.2 Å². The van der Waals surface area contributed by atoms with Gasteiger partial charge in [0.25, 0.3) is 0 Å². The number of allylic oxidation sites excluding steroid dienone is 1. The fourth-order valence-corrected chi connectivity index (χ4v) is 2.69. The summed E-state index contributed by atoms with van der Waals surface area (Å²) in [6, 6.07) is 0. The summed E-state index contributed by atoms with van der Waals surface area (Å²) in [5.41, 5.74) is 1.50. The predicted molar refractivity (Wildman–Crippen MR) is 69.9 cm³/mol. The van der Waals surface area contributed by atoms with Gasteiger partial charge >= 0.3 is 0 Å². The highest BCUT2D eigenvalue weighted by Crippen LogP contribution is 2.22. The number of hydrogen-bond donors (Lipinski definition) is 0. The van der Waals surface area contributed by atoms with Crippen LogP contribution in [0.4, 0.5) is 0 Å². The molecule has 0 N–H and O–H groups in total. The van der Waals surface area contributed by atoms with Crippen molar-refractivity contribution >= 4 is 0 Å². The largest absolute Gasteiger partial charge is 0.499 e. The molecule has 1 aliphatic carbocycles. The molecular weight excluding hydrogens is 212 g/mol. The zero-order chi connectivity index (χ0) is 11.8. The molecule has 0 bridgehead atoms. The summed E-state index contributed by atoms with van der Waals surface area (Å²) in [6.45, 7) is 1.67. The van der Waals surface area contributed by atoms with Crippen molar-refractivity contribution < 1.29 is 9.47 Å². The molecule has 1 aliphatic heterocycles. The Morgan fingerprint density at radius 1 is 1.00 bits per heavy atom. The van der Waals surface area contributed by atoms with E-state index >= 15 is 0 Å². The Morgan fingerprint density at radius 2 is 1.76 bits per heavy atom. The molecule has 2 rings (SSSR count). The van der Waals surface area contributed by atoms with E-state index in [2.05, 4.69) is 0 Å². The van der Waals surface area contributed by atoms with Gasteiger partial charge in [-0.15, -0.1) is 0 Å². The number of rotatable bonds is 3. The molecule has 2 nitrogen and oxygen atoms in total. The first-order valence-corrected chi connectivity index (χ1v) is 7.36.